The molecule has 17 heavy (non-hydrogen) atoms. The van der Waals surface area contributed by atoms with Crippen molar-refractivity contribution < 1.29 is 26.0 Å². The lowest BCUT2D eigenvalue weighted by molar-refractivity contribution is -0.132. The molecule has 96 valence electrons. The van der Waals surface area contributed by atoms with E-state index in [1.807, 2.05) is 0 Å². The molecule has 0 spiro atoms. The van der Waals surface area contributed by atoms with Gasteiger partial charge in [-0.15, -0.1) is 0 Å². The minimum absolute atomic E-state index is 0.277. The molecule has 0 saturated heterocycles. The first-order chi connectivity index (χ1) is 7.71. The zero-order valence-corrected chi connectivity index (χ0v) is 9.28. The van der Waals surface area contributed by atoms with E-state index in [2.05, 4.69) is 0 Å². The van der Waals surface area contributed by atoms with E-state index in [0.717, 1.165) is 24.3 Å². The second-order valence-electron chi connectivity index (χ2n) is 3.22. The molecule has 1 aromatic rings. The largest absolute Gasteiger partial charge is 0.390 e. The molecule has 1 N–H and O–H groups in total. The van der Waals surface area contributed by atoms with Gasteiger partial charge >= 0.3 is 6.18 Å². The maximum Gasteiger partial charge on any atom is 0.390 e. The minimum atomic E-state index is -4.43. The normalized spacial score (nSPS) is 12.7. The number of hydrogen-bond acceptors (Lipinski definition) is 2. The highest BCUT2D eigenvalue weighted by Crippen LogP contribution is 2.19. The van der Waals surface area contributed by atoms with Gasteiger partial charge in [0.2, 0.25) is 10.0 Å². The number of alkyl halides is 3. The van der Waals surface area contributed by atoms with E-state index in [0.29, 0.717) is 0 Å². The van der Waals surface area contributed by atoms with Gasteiger partial charge in [-0.25, -0.2) is 17.5 Å². The van der Waals surface area contributed by atoms with Gasteiger partial charge < -0.3 is 0 Å². The van der Waals surface area contributed by atoms with Crippen LogP contribution in [0.1, 0.15) is 6.42 Å². The molecule has 3 nitrogen and oxygen atoms in total. The second-order valence-corrected chi connectivity index (χ2v) is 4.98. The van der Waals surface area contributed by atoms with Gasteiger partial charge in [-0.05, 0) is 24.3 Å². The Morgan fingerprint density at radius 1 is 1.12 bits per heavy atom. The highest BCUT2D eigenvalue weighted by atomic mass is 32.2. The number of benzene rings is 1. The molecule has 1 rings (SSSR count). The predicted octanol–water partition coefficient (Wildman–Crippen LogP) is 2.06. The average Bonchev–Trinajstić information content (AvgIpc) is 2.15. The van der Waals surface area contributed by atoms with E-state index in [9.17, 15) is 26.0 Å². The first-order valence-corrected chi connectivity index (χ1v) is 6.01. The number of hydrogen-bond donors (Lipinski definition) is 1. The van der Waals surface area contributed by atoms with Gasteiger partial charge in [0.25, 0.3) is 0 Å². The van der Waals surface area contributed by atoms with Crippen LogP contribution in [0.15, 0.2) is 29.2 Å². The summed E-state index contributed by atoms with van der Waals surface area (Å²) >= 11 is 0. The lowest BCUT2D eigenvalue weighted by Gasteiger charge is -2.08. The Labute approximate surface area is 95.5 Å². The van der Waals surface area contributed by atoms with Crippen LogP contribution >= 0.6 is 0 Å². The van der Waals surface area contributed by atoms with Crippen molar-refractivity contribution in [3.63, 3.8) is 0 Å². The van der Waals surface area contributed by atoms with Crippen molar-refractivity contribution >= 4 is 10.0 Å². The van der Waals surface area contributed by atoms with Crippen LogP contribution in [-0.4, -0.2) is 21.1 Å². The quantitative estimate of drug-likeness (QED) is 0.852. The average molecular weight is 271 g/mol. The smallest absolute Gasteiger partial charge is 0.211 e. The molecule has 0 aliphatic rings. The van der Waals surface area contributed by atoms with Crippen LogP contribution in [0.5, 0.6) is 0 Å². The van der Waals surface area contributed by atoms with Gasteiger partial charge in [0.05, 0.1) is 11.3 Å². The molecule has 0 atom stereocenters. The molecular formula is C9H9F4NO2S. The zero-order chi connectivity index (χ0) is 13.1. The third-order valence-electron chi connectivity index (χ3n) is 1.82. The molecule has 0 unspecified atom stereocenters. The van der Waals surface area contributed by atoms with Gasteiger partial charge in [-0.1, -0.05) is 0 Å². The molecule has 0 aliphatic heterocycles. The van der Waals surface area contributed by atoms with Gasteiger partial charge in [-0.2, -0.15) is 13.2 Å². The van der Waals surface area contributed by atoms with E-state index >= 15 is 0 Å². The summed E-state index contributed by atoms with van der Waals surface area (Å²) in [6, 6.07) is 3.78. The zero-order valence-electron chi connectivity index (χ0n) is 8.46. The molecule has 0 fully saturated rings. The van der Waals surface area contributed by atoms with Gasteiger partial charge in [0, 0.05) is 6.54 Å². The van der Waals surface area contributed by atoms with Crippen LogP contribution in [0.3, 0.4) is 0 Å². The second kappa shape index (κ2) is 5.01. The maximum atomic E-state index is 12.5. The summed E-state index contributed by atoms with van der Waals surface area (Å²) in [4.78, 5) is -0.277. The first-order valence-electron chi connectivity index (χ1n) is 4.53. The lowest BCUT2D eigenvalue weighted by Crippen LogP contribution is -2.28. The fourth-order valence-electron chi connectivity index (χ4n) is 1.02. The van der Waals surface area contributed by atoms with Crippen molar-refractivity contribution in [3.05, 3.63) is 30.1 Å². The summed E-state index contributed by atoms with van der Waals surface area (Å²) in [7, 11) is -4.02. The summed E-state index contributed by atoms with van der Waals surface area (Å²) in [6.07, 6.45) is -5.68. The summed E-state index contributed by atoms with van der Waals surface area (Å²) in [6.45, 7) is -0.747. The van der Waals surface area contributed by atoms with Crippen LogP contribution in [-0.2, 0) is 10.0 Å². The van der Waals surface area contributed by atoms with Crippen molar-refractivity contribution in [2.75, 3.05) is 6.54 Å². The van der Waals surface area contributed by atoms with E-state index < -0.39 is 35.0 Å². The highest BCUT2D eigenvalue weighted by Gasteiger charge is 2.27. The number of halogens is 4. The fraction of sp³-hybridized carbons (Fsp3) is 0.333. The van der Waals surface area contributed by atoms with Crippen LogP contribution in [0, 0.1) is 5.82 Å². The topological polar surface area (TPSA) is 46.2 Å². The molecular weight excluding hydrogens is 262 g/mol. The Bertz CT molecular complexity index is 467. The van der Waals surface area contributed by atoms with E-state index in [-0.39, 0.29) is 4.90 Å². The first kappa shape index (κ1) is 13.9. The van der Waals surface area contributed by atoms with Crippen LogP contribution < -0.4 is 4.72 Å². The van der Waals surface area contributed by atoms with Crippen molar-refractivity contribution in [2.45, 2.75) is 17.5 Å². The molecule has 0 heterocycles. The Balaban J connectivity index is 2.66. The van der Waals surface area contributed by atoms with Crippen LogP contribution in [0.2, 0.25) is 0 Å². The third-order valence-corrected chi connectivity index (χ3v) is 3.30. The number of sulfonamides is 1. The summed E-state index contributed by atoms with van der Waals surface area (Å²) in [5.74, 6) is -0.626. The Morgan fingerprint density at radius 3 is 2.12 bits per heavy atom. The minimum Gasteiger partial charge on any atom is -0.211 e. The van der Waals surface area contributed by atoms with E-state index in [1.165, 1.54) is 0 Å². The molecule has 0 amide bonds. The Morgan fingerprint density at radius 2 is 1.65 bits per heavy atom. The molecule has 0 bridgehead atoms. The van der Waals surface area contributed by atoms with Crippen molar-refractivity contribution in [2.24, 2.45) is 0 Å². The summed E-state index contributed by atoms with van der Waals surface area (Å²) in [5, 5.41) is 0. The van der Waals surface area contributed by atoms with E-state index in [4.69, 9.17) is 0 Å². The maximum absolute atomic E-state index is 12.5. The third kappa shape index (κ3) is 4.70. The van der Waals surface area contributed by atoms with Gasteiger partial charge in [0.15, 0.2) is 0 Å². The molecule has 0 radical (unpaired) electrons. The monoisotopic (exact) mass is 271 g/mol. The van der Waals surface area contributed by atoms with Crippen LogP contribution in [0.4, 0.5) is 17.6 Å². The Hall–Kier alpha value is -1.15. The SMILES string of the molecule is O=S(=O)(NCCC(F)(F)F)c1ccc(F)cc1. The van der Waals surface area contributed by atoms with Crippen molar-refractivity contribution in [1.82, 2.24) is 4.72 Å². The Kier molecular flexibility index (Phi) is 4.10. The highest BCUT2D eigenvalue weighted by molar-refractivity contribution is 7.89. The predicted molar refractivity (Wildman–Crippen MR) is 52.3 cm³/mol. The number of nitrogens with one attached hydrogen (secondary N) is 1. The van der Waals surface area contributed by atoms with E-state index in [1.54, 1.807) is 4.72 Å². The molecule has 0 saturated carbocycles. The summed E-state index contributed by atoms with van der Waals surface area (Å²) < 4.78 is 72.6. The lowest BCUT2D eigenvalue weighted by atomic mass is 10.4. The van der Waals surface area contributed by atoms with Crippen molar-refractivity contribution in [1.29, 1.82) is 0 Å². The van der Waals surface area contributed by atoms with Crippen molar-refractivity contribution in [3.8, 4) is 0 Å². The standard InChI is InChI=1S/C9H9F4NO2S/c10-7-1-3-8(4-2-7)17(15,16)14-6-5-9(11,12)13/h1-4,14H,5-6H2. The fourth-order valence-corrected chi connectivity index (χ4v) is 2.06. The summed E-state index contributed by atoms with van der Waals surface area (Å²) in [5.41, 5.74) is 0. The van der Waals surface area contributed by atoms with Crippen LogP contribution in [0.25, 0.3) is 0 Å². The molecule has 1 aromatic carbocycles. The van der Waals surface area contributed by atoms with Gasteiger partial charge in [-0.3, -0.25) is 0 Å². The van der Waals surface area contributed by atoms with Gasteiger partial charge in [0.1, 0.15) is 5.82 Å². The molecule has 0 aliphatic carbocycles. The molecule has 0 aromatic heterocycles. The molecule has 8 heteroatoms. The number of rotatable bonds is 4.